The van der Waals surface area contributed by atoms with Crippen LogP contribution in [0.1, 0.15) is 31.2 Å². The smallest absolute Gasteiger partial charge is 0.237 e. The number of carbonyl (C=O) groups excluding carboxylic acids is 1. The second kappa shape index (κ2) is 8.49. The van der Waals surface area contributed by atoms with E-state index in [1.165, 1.54) is 5.56 Å². The van der Waals surface area contributed by atoms with Gasteiger partial charge in [0.05, 0.1) is 6.04 Å². The highest BCUT2D eigenvalue weighted by Crippen LogP contribution is 2.35. The maximum Gasteiger partial charge on any atom is 0.237 e. The zero-order valence-corrected chi connectivity index (χ0v) is 15.3. The van der Waals surface area contributed by atoms with Gasteiger partial charge in [0, 0.05) is 43.4 Å². The van der Waals surface area contributed by atoms with Crippen molar-refractivity contribution in [1.29, 1.82) is 0 Å². The van der Waals surface area contributed by atoms with Crippen molar-refractivity contribution in [2.24, 2.45) is 11.7 Å². The van der Waals surface area contributed by atoms with E-state index in [4.69, 9.17) is 26.8 Å². The Hall–Kier alpha value is -1.14. The first-order valence-corrected chi connectivity index (χ1v) is 9.43. The van der Waals surface area contributed by atoms with Crippen LogP contribution >= 0.6 is 11.6 Å². The minimum absolute atomic E-state index is 0.0632. The number of nitrogens with one attached hydrogen (secondary N) is 1. The Bertz CT molecular complexity index is 567. The molecule has 1 unspecified atom stereocenters. The van der Waals surface area contributed by atoms with E-state index in [1.807, 2.05) is 12.1 Å². The number of ether oxygens (including phenoxy) is 2. The fourth-order valence-electron chi connectivity index (χ4n) is 3.80. The number of rotatable bonds is 5. The lowest BCUT2D eigenvalue weighted by Crippen LogP contribution is -2.51. The van der Waals surface area contributed by atoms with E-state index in [2.05, 4.69) is 17.4 Å². The number of halogens is 1. The molecule has 0 saturated carbocycles. The van der Waals surface area contributed by atoms with Gasteiger partial charge in [-0.1, -0.05) is 23.7 Å². The maximum absolute atomic E-state index is 12.6. The lowest BCUT2D eigenvalue weighted by Gasteiger charge is -2.38. The number of nitrogens with two attached hydrogens (primary N) is 1. The van der Waals surface area contributed by atoms with Crippen molar-refractivity contribution < 1.29 is 14.3 Å². The van der Waals surface area contributed by atoms with E-state index in [1.54, 1.807) is 0 Å². The second-order valence-electron chi connectivity index (χ2n) is 7.09. The Balaban J connectivity index is 1.66. The summed E-state index contributed by atoms with van der Waals surface area (Å²) >= 11 is 6.03. The Morgan fingerprint density at radius 1 is 1.16 bits per heavy atom. The van der Waals surface area contributed by atoms with Crippen LogP contribution < -0.4 is 11.1 Å². The largest absolute Gasteiger partial charge is 0.381 e. The summed E-state index contributed by atoms with van der Waals surface area (Å²) in [6.07, 6.45) is 3.46. The number of amides is 1. The molecule has 2 aliphatic heterocycles. The van der Waals surface area contributed by atoms with Gasteiger partial charge in [0.1, 0.15) is 0 Å². The van der Waals surface area contributed by atoms with E-state index in [9.17, 15) is 4.79 Å². The Kier molecular flexibility index (Phi) is 6.34. The van der Waals surface area contributed by atoms with Gasteiger partial charge in [-0.15, -0.1) is 0 Å². The van der Waals surface area contributed by atoms with Crippen molar-refractivity contribution >= 4 is 17.5 Å². The van der Waals surface area contributed by atoms with Gasteiger partial charge in [-0.25, -0.2) is 0 Å². The summed E-state index contributed by atoms with van der Waals surface area (Å²) in [4.78, 5) is 12.6. The molecule has 5 nitrogen and oxygen atoms in total. The quantitative estimate of drug-likeness (QED) is 0.838. The Labute approximate surface area is 154 Å². The lowest BCUT2D eigenvalue weighted by atomic mass is 9.74. The molecule has 3 rings (SSSR count). The maximum atomic E-state index is 12.6. The van der Waals surface area contributed by atoms with Gasteiger partial charge in [-0.2, -0.15) is 0 Å². The fourth-order valence-corrected chi connectivity index (χ4v) is 3.92. The van der Waals surface area contributed by atoms with Crippen LogP contribution in [-0.4, -0.2) is 44.9 Å². The Morgan fingerprint density at radius 3 is 2.40 bits per heavy atom. The van der Waals surface area contributed by atoms with Crippen molar-refractivity contribution in [2.45, 2.75) is 37.1 Å². The number of hydrogen-bond donors (Lipinski definition) is 2. The van der Waals surface area contributed by atoms with Crippen LogP contribution in [0.4, 0.5) is 0 Å². The van der Waals surface area contributed by atoms with Crippen LogP contribution in [0.3, 0.4) is 0 Å². The topological polar surface area (TPSA) is 73.6 Å². The molecule has 0 radical (unpaired) electrons. The van der Waals surface area contributed by atoms with Crippen molar-refractivity contribution in [2.75, 3.05) is 33.0 Å². The predicted octanol–water partition coefficient (Wildman–Crippen LogP) is 2.26. The summed E-state index contributed by atoms with van der Waals surface area (Å²) in [5.41, 5.74) is 7.28. The van der Waals surface area contributed by atoms with E-state index < -0.39 is 6.04 Å². The molecule has 1 atom stereocenters. The van der Waals surface area contributed by atoms with E-state index in [0.717, 1.165) is 30.7 Å². The highest BCUT2D eigenvalue weighted by atomic mass is 35.5. The highest BCUT2D eigenvalue weighted by Gasteiger charge is 2.36. The van der Waals surface area contributed by atoms with Crippen LogP contribution in [0.2, 0.25) is 5.02 Å². The summed E-state index contributed by atoms with van der Waals surface area (Å²) in [6, 6.07) is 7.45. The molecule has 25 heavy (non-hydrogen) atoms. The molecular formula is C19H27ClN2O3. The van der Waals surface area contributed by atoms with Crippen molar-refractivity contribution in [3.8, 4) is 0 Å². The zero-order chi connectivity index (χ0) is 17.7. The van der Waals surface area contributed by atoms with Crippen LogP contribution in [-0.2, 0) is 19.7 Å². The molecule has 0 bridgehead atoms. The number of benzene rings is 1. The van der Waals surface area contributed by atoms with Crippen LogP contribution in [0.5, 0.6) is 0 Å². The molecular weight excluding hydrogens is 340 g/mol. The van der Waals surface area contributed by atoms with Gasteiger partial charge in [0.15, 0.2) is 0 Å². The molecule has 3 N–H and O–H groups in total. The molecule has 0 aromatic heterocycles. The van der Waals surface area contributed by atoms with E-state index >= 15 is 0 Å². The summed E-state index contributed by atoms with van der Waals surface area (Å²) in [5, 5.41) is 3.83. The molecule has 1 aromatic carbocycles. The van der Waals surface area contributed by atoms with Gasteiger partial charge >= 0.3 is 0 Å². The average molecular weight is 367 g/mol. The van der Waals surface area contributed by atoms with E-state index in [-0.39, 0.29) is 17.2 Å². The molecule has 6 heteroatoms. The third kappa shape index (κ3) is 4.53. The van der Waals surface area contributed by atoms with E-state index in [0.29, 0.717) is 33.0 Å². The minimum Gasteiger partial charge on any atom is -0.381 e. The average Bonchev–Trinajstić information content (AvgIpc) is 2.67. The van der Waals surface area contributed by atoms with Crippen molar-refractivity contribution in [1.82, 2.24) is 5.32 Å². The van der Waals surface area contributed by atoms with Gasteiger partial charge in [0.2, 0.25) is 5.91 Å². The molecule has 2 heterocycles. The van der Waals surface area contributed by atoms with Gasteiger partial charge in [0.25, 0.3) is 0 Å². The fraction of sp³-hybridized carbons (Fsp3) is 0.632. The first-order chi connectivity index (χ1) is 12.1. The third-order valence-electron chi connectivity index (χ3n) is 5.58. The van der Waals surface area contributed by atoms with Crippen molar-refractivity contribution in [3.63, 3.8) is 0 Å². The molecule has 138 valence electrons. The second-order valence-corrected chi connectivity index (χ2v) is 7.53. The molecule has 1 amide bonds. The van der Waals surface area contributed by atoms with Crippen LogP contribution in [0.15, 0.2) is 24.3 Å². The molecule has 1 aromatic rings. The lowest BCUT2D eigenvalue weighted by molar-refractivity contribution is -0.124. The van der Waals surface area contributed by atoms with Gasteiger partial charge in [-0.05, 0) is 49.3 Å². The summed E-state index contributed by atoms with van der Waals surface area (Å²) < 4.78 is 10.9. The normalized spacial score (nSPS) is 22.3. The minimum atomic E-state index is -0.467. The van der Waals surface area contributed by atoms with Crippen LogP contribution in [0, 0.1) is 5.92 Å². The number of carbonyl (C=O) groups is 1. The van der Waals surface area contributed by atoms with Gasteiger partial charge in [-0.3, -0.25) is 4.79 Å². The molecule has 0 aliphatic carbocycles. The molecule has 2 aliphatic rings. The van der Waals surface area contributed by atoms with Crippen LogP contribution in [0.25, 0.3) is 0 Å². The highest BCUT2D eigenvalue weighted by molar-refractivity contribution is 6.30. The first kappa shape index (κ1) is 18.6. The standard InChI is InChI=1S/C19H27ClN2O3/c20-16-3-1-15(2-4-16)19(7-11-25-12-8-19)13-22-18(23)17(21)14-5-9-24-10-6-14/h1-4,14,17H,5-13,21H2,(H,22,23). The molecule has 2 saturated heterocycles. The monoisotopic (exact) mass is 366 g/mol. The third-order valence-corrected chi connectivity index (χ3v) is 5.84. The zero-order valence-electron chi connectivity index (χ0n) is 14.5. The predicted molar refractivity (Wildman–Crippen MR) is 97.7 cm³/mol. The summed E-state index contributed by atoms with van der Waals surface area (Å²) in [7, 11) is 0. The summed E-state index contributed by atoms with van der Waals surface area (Å²) in [6.45, 7) is 3.36. The summed E-state index contributed by atoms with van der Waals surface area (Å²) in [5.74, 6) is 0.140. The molecule has 0 spiro atoms. The first-order valence-electron chi connectivity index (χ1n) is 9.06. The molecule has 2 fully saturated rings. The SMILES string of the molecule is NC(C(=O)NCC1(c2ccc(Cl)cc2)CCOCC1)C1CCOCC1. The Morgan fingerprint density at radius 2 is 1.76 bits per heavy atom. The van der Waals surface area contributed by atoms with Crippen molar-refractivity contribution in [3.05, 3.63) is 34.9 Å². The number of hydrogen-bond acceptors (Lipinski definition) is 4. The van der Waals surface area contributed by atoms with Gasteiger partial charge < -0.3 is 20.5 Å².